The Hall–Kier alpha value is -3.92. The van der Waals surface area contributed by atoms with E-state index in [2.05, 4.69) is 16.4 Å². The number of terminal acetylenes is 1. The Morgan fingerprint density at radius 1 is 1.30 bits per heavy atom. The smallest absolute Gasteiger partial charge is 0.271 e. The van der Waals surface area contributed by atoms with Crippen LogP contribution in [0.15, 0.2) is 53.6 Å². The Labute approximate surface area is 155 Å². The molecule has 1 N–H and O–H groups in total. The predicted molar refractivity (Wildman–Crippen MR) is 104 cm³/mol. The van der Waals surface area contributed by atoms with Gasteiger partial charge in [-0.1, -0.05) is 24.1 Å². The number of rotatable bonds is 5. The van der Waals surface area contributed by atoms with E-state index in [0.717, 1.165) is 22.2 Å². The molecule has 1 aromatic heterocycles. The summed E-state index contributed by atoms with van der Waals surface area (Å²) in [6.45, 7) is 2.38. The largest absolute Gasteiger partial charge is 0.333 e. The Bertz CT molecular complexity index is 1090. The first-order valence-corrected chi connectivity index (χ1v) is 8.12. The number of hydrogen-bond acceptors (Lipinski definition) is 4. The summed E-state index contributed by atoms with van der Waals surface area (Å²) in [6, 6.07) is 13.1. The van der Waals surface area contributed by atoms with Gasteiger partial charge in [0.05, 0.1) is 17.7 Å². The van der Waals surface area contributed by atoms with E-state index in [0.29, 0.717) is 6.54 Å². The number of nitro groups is 1. The van der Waals surface area contributed by atoms with Crippen LogP contribution < -0.4 is 5.43 Å². The molecule has 0 aliphatic heterocycles. The zero-order valence-electron chi connectivity index (χ0n) is 14.5. The standard InChI is InChI=1S/C20H16N4O3/c1-3-12-23-14(2)18(17-6-4-5-7-19(17)23)13-21-22-20(25)15-8-10-16(11-9-15)24(26)27/h1,4-11,13H,12H2,2H3,(H,22,25)/b21-13+. The molecule has 7 nitrogen and oxygen atoms in total. The number of benzene rings is 2. The number of nitrogens with one attached hydrogen (secondary N) is 1. The van der Waals surface area contributed by atoms with Gasteiger partial charge in [-0.15, -0.1) is 6.42 Å². The molecule has 3 rings (SSSR count). The Morgan fingerprint density at radius 3 is 2.67 bits per heavy atom. The Morgan fingerprint density at radius 2 is 2.00 bits per heavy atom. The second kappa shape index (κ2) is 7.54. The fraction of sp³-hybridized carbons (Fsp3) is 0.100. The second-order valence-corrected chi connectivity index (χ2v) is 5.81. The molecular formula is C20H16N4O3. The van der Waals surface area contributed by atoms with E-state index in [-0.39, 0.29) is 11.3 Å². The number of amides is 1. The fourth-order valence-corrected chi connectivity index (χ4v) is 2.87. The van der Waals surface area contributed by atoms with Gasteiger partial charge in [-0.2, -0.15) is 5.10 Å². The number of hydrazone groups is 1. The van der Waals surface area contributed by atoms with Crippen molar-refractivity contribution in [3.8, 4) is 12.3 Å². The molecule has 0 saturated carbocycles. The third-order valence-electron chi connectivity index (χ3n) is 4.23. The number of fused-ring (bicyclic) bond motifs is 1. The molecule has 7 heteroatoms. The molecule has 0 bridgehead atoms. The van der Waals surface area contributed by atoms with Gasteiger partial charge in [-0.05, 0) is 25.1 Å². The van der Waals surface area contributed by atoms with E-state index in [1.165, 1.54) is 24.3 Å². The van der Waals surface area contributed by atoms with Gasteiger partial charge in [0.25, 0.3) is 11.6 Å². The number of carbonyl (C=O) groups excluding carboxylic acids is 1. The molecular weight excluding hydrogens is 344 g/mol. The van der Waals surface area contributed by atoms with Crippen LogP contribution in [-0.2, 0) is 6.54 Å². The van der Waals surface area contributed by atoms with E-state index < -0.39 is 10.8 Å². The van der Waals surface area contributed by atoms with Crippen LogP contribution in [0.1, 0.15) is 21.6 Å². The molecule has 0 aliphatic rings. The first kappa shape index (κ1) is 17.9. The molecule has 0 aliphatic carbocycles. The summed E-state index contributed by atoms with van der Waals surface area (Å²) >= 11 is 0. The number of nitro benzene ring substituents is 1. The fourth-order valence-electron chi connectivity index (χ4n) is 2.87. The van der Waals surface area contributed by atoms with Crippen LogP contribution >= 0.6 is 0 Å². The van der Waals surface area contributed by atoms with Gasteiger partial charge < -0.3 is 4.57 Å². The monoisotopic (exact) mass is 360 g/mol. The van der Waals surface area contributed by atoms with Crippen molar-refractivity contribution in [1.82, 2.24) is 9.99 Å². The molecule has 0 fully saturated rings. The average molecular weight is 360 g/mol. The lowest BCUT2D eigenvalue weighted by Crippen LogP contribution is -2.17. The first-order valence-electron chi connectivity index (χ1n) is 8.12. The van der Waals surface area contributed by atoms with Crippen LogP contribution in [0.25, 0.3) is 10.9 Å². The molecule has 0 saturated heterocycles. The molecule has 1 amide bonds. The summed E-state index contributed by atoms with van der Waals surface area (Å²) in [5, 5.41) is 15.7. The maximum atomic E-state index is 12.1. The van der Waals surface area contributed by atoms with Gasteiger partial charge in [0.1, 0.15) is 0 Å². The quantitative estimate of drug-likeness (QED) is 0.328. The van der Waals surface area contributed by atoms with E-state index in [1.807, 2.05) is 35.8 Å². The van der Waals surface area contributed by atoms with Crippen LogP contribution in [-0.4, -0.2) is 21.6 Å². The van der Waals surface area contributed by atoms with Crippen molar-refractivity contribution in [2.24, 2.45) is 5.10 Å². The lowest BCUT2D eigenvalue weighted by atomic mass is 10.1. The number of carbonyl (C=O) groups is 1. The highest BCUT2D eigenvalue weighted by Gasteiger charge is 2.12. The molecule has 0 radical (unpaired) electrons. The molecule has 27 heavy (non-hydrogen) atoms. The van der Waals surface area contributed by atoms with Crippen molar-refractivity contribution in [1.29, 1.82) is 0 Å². The van der Waals surface area contributed by atoms with Crippen LogP contribution in [0.5, 0.6) is 0 Å². The minimum Gasteiger partial charge on any atom is -0.333 e. The number of para-hydroxylation sites is 1. The van der Waals surface area contributed by atoms with Crippen LogP contribution in [0.4, 0.5) is 5.69 Å². The van der Waals surface area contributed by atoms with Crippen molar-refractivity contribution >= 4 is 28.7 Å². The average Bonchev–Trinajstić information content (AvgIpc) is 2.94. The molecule has 3 aromatic rings. The van der Waals surface area contributed by atoms with Gasteiger partial charge in [-0.3, -0.25) is 14.9 Å². The van der Waals surface area contributed by atoms with Gasteiger partial charge in [0, 0.05) is 39.9 Å². The van der Waals surface area contributed by atoms with Crippen molar-refractivity contribution in [3.63, 3.8) is 0 Å². The third-order valence-corrected chi connectivity index (χ3v) is 4.23. The normalized spacial score (nSPS) is 10.8. The molecule has 134 valence electrons. The summed E-state index contributed by atoms with van der Waals surface area (Å²) in [7, 11) is 0. The molecule has 0 atom stereocenters. The van der Waals surface area contributed by atoms with Gasteiger partial charge >= 0.3 is 0 Å². The maximum Gasteiger partial charge on any atom is 0.271 e. The molecule has 0 unspecified atom stereocenters. The minimum absolute atomic E-state index is 0.0769. The lowest BCUT2D eigenvalue weighted by Gasteiger charge is -2.02. The maximum absolute atomic E-state index is 12.1. The first-order chi connectivity index (χ1) is 13.0. The predicted octanol–water partition coefficient (Wildman–Crippen LogP) is 3.26. The van der Waals surface area contributed by atoms with E-state index in [4.69, 9.17) is 6.42 Å². The van der Waals surface area contributed by atoms with Gasteiger partial charge in [0.2, 0.25) is 0 Å². The van der Waals surface area contributed by atoms with Gasteiger partial charge in [-0.25, -0.2) is 5.43 Å². The summed E-state index contributed by atoms with van der Waals surface area (Å²) in [5.74, 6) is 2.19. The van der Waals surface area contributed by atoms with Crippen molar-refractivity contribution in [2.75, 3.05) is 0 Å². The van der Waals surface area contributed by atoms with Crippen molar-refractivity contribution in [3.05, 3.63) is 75.5 Å². The summed E-state index contributed by atoms with van der Waals surface area (Å²) in [5.41, 5.74) is 5.45. The highest BCUT2D eigenvalue weighted by Crippen LogP contribution is 2.24. The van der Waals surface area contributed by atoms with E-state index in [9.17, 15) is 14.9 Å². The van der Waals surface area contributed by atoms with Crippen molar-refractivity contribution < 1.29 is 9.72 Å². The number of non-ortho nitro benzene ring substituents is 1. The highest BCUT2D eigenvalue weighted by molar-refractivity contribution is 6.02. The zero-order chi connectivity index (χ0) is 19.4. The molecule has 2 aromatic carbocycles. The van der Waals surface area contributed by atoms with E-state index in [1.54, 1.807) is 6.21 Å². The van der Waals surface area contributed by atoms with Gasteiger partial charge in [0.15, 0.2) is 0 Å². The minimum atomic E-state index is -0.519. The second-order valence-electron chi connectivity index (χ2n) is 5.81. The van der Waals surface area contributed by atoms with Crippen LogP contribution in [0, 0.1) is 29.4 Å². The molecule has 0 spiro atoms. The molecule has 1 heterocycles. The van der Waals surface area contributed by atoms with Crippen LogP contribution in [0.2, 0.25) is 0 Å². The topological polar surface area (TPSA) is 89.5 Å². The SMILES string of the molecule is C#CCn1c(C)c(/C=N/NC(=O)c2ccc([N+](=O)[O-])cc2)c2ccccc21. The lowest BCUT2D eigenvalue weighted by molar-refractivity contribution is -0.384. The van der Waals surface area contributed by atoms with E-state index >= 15 is 0 Å². The number of hydrogen-bond donors (Lipinski definition) is 1. The number of aromatic nitrogens is 1. The van der Waals surface area contributed by atoms with Crippen LogP contribution in [0.3, 0.4) is 0 Å². The highest BCUT2D eigenvalue weighted by atomic mass is 16.6. The number of nitrogens with zero attached hydrogens (tertiary/aromatic N) is 3. The zero-order valence-corrected chi connectivity index (χ0v) is 14.5. The Balaban J connectivity index is 1.82. The Kier molecular flexibility index (Phi) is 4.99. The van der Waals surface area contributed by atoms with Crippen molar-refractivity contribution in [2.45, 2.75) is 13.5 Å². The summed E-state index contributed by atoms with van der Waals surface area (Å²) in [6.07, 6.45) is 7.04. The third kappa shape index (κ3) is 3.55. The summed E-state index contributed by atoms with van der Waals surface area (Å²) < 4.78 is 2.01. The summed E-state index contributed by atoms with van der Waals surface area (Å²) in [4.78, 5) is 22.3.